The molecular weight excluding hydrogens is 336 g/mol. The molecule has 1 amide bonds. The van der Waals surface area contributed by atoms with Crippen molar-refractivity contribution in [2.75, 3.05) is 31.1 Å². The lowest BCUT2D eigenvalue weighted by atomic mass is 10.2. The fraction of sp³-hybridized carbons (Fsp3) is 0.368. The van der Waals surface area contributed by atoms with Gasteiger partial charge in [-0.05, 0) is 42.8 Å². The largest absolute Gasteiger partial charge is 0.369 e. The monoisotopic (exact) mass is 358 g/mol. The molecule has 0 radical (unpaired) electrons. The van der Waals surface area contributed by atoms with Gasteiger partial charge in [0.15, 0.2) is 0 Å². The van der Waals surface area contributed by atoms with Crippen molar-refractivity contribution in [3.63, 3.8) is 0 Å². The molecule has 25 heavy (non-hydrogen) atoms. The van der Waals surface area contributed by atoms with Gasteiger partial charge in [-0.25, -0.2) is 0 Å². The van der Waals surface area contributed by atoms with Crippen LogP contribution in [0.1, 0.15) is 12.5 Å². The first kappa shape index (κ1) is 17.7. The Kier molecular flexibility index (Phi) is 5.89. The van der Waals surface area contributed by atoms with Gasteiger partial charge in [-0.15, -0.1) is 0 Å². The molecule has 1 aromatic heterocycles. The number of hydrogen-bond acceptors (Lipinski definition) is 4. The zero-order chi connectivity index (χ0) is 17.6. The summed E-state index contributed by atoms with van der Waals surface area (Å²) in [6, 6.07) is 11.6. The van der Waals surface area contributed by atoms with Gasteiger partial charge in [0.2, 0.25) is 5.91 Å². The van der Waals surface area contributed by atoms with E-state index in [0.29, 0.717) is 6.54 Å². The van der Waals surface area contributed by atoms with Gasteiger partial charge in [-0.2, -0.15) is 0 Å². The Hall–Kier alpha value is -2.11. The van der Waals surface area contributed by atoms with Gasteiger partial charge in [0.25, 0.3) is 0 Å². The predicted molar refractivity (Wildman–Crippen MR) is 101 cm³/mol. The molecule has 3 rings (SSSR count). The van der Waals surface area contributed by atoms with Crippen molar-refractivity contribution in [3.8, 4) is 0 Å². The van der Waals surface area contributed by atoms with Crippen LogP contribution < -0.4 is 10.2 Å². The number of piperazine rings is 1. The highest BCUT2D eigenvalue weighted by Crippen LogP contribution is 2.20. The number of halogens is 1. The van der Waals surface area contributed by atoms with E-state index >= 15 is 0 Å². The van der Waals surface area contributed by atoms with Crippen molar-refractivity contribution < 1.29 is 4.79 Å². The van der Waals surface area contributed by atoms with Crippen molar-refractivity contribution in [1.82, 2.24) is 15.2 Å². The summed E-state index contributed by atoms with van der Waals surface area (Å²) in [6.07, 6.45) is 3.50. The van der Waals surface area contributed by atoms with Gasteiger partial charge in [-0.3, -0.25) is 14.7 Å². The Balaban J connectivity index is 1.48. The zero-order valence-corrected chi connectivity index (χ0v) is 15.1. The molecule has 2 heterocycles. The summed E-state index contributed by atoms with van der Waals surface area (Å²) in [4.78, 5) is 21.0. The van der Waals surface area contributed by atoms with Crippen LogP contribution in [-0.4, -0.2) is 48.0 Å². The van der Waals surface area contributed by atoms with Crippen LogP contribution in [0.25, 0.3) is 0 Å². The first-order valence-corrected chi connectivity index (χ1v) is 8.92. The predicted octanol–water partition coefficient (Wildman–Crippen LogP) is 2.56. The number of carbonyl (C=O) groups is 1. The number of nitrogens with one attached hydrogen (secondary N) is 1. The molecule has 0 bridgehead atoms. The third kappa shape index (κ3) is 4.71. The third-order valence-corrected chi connectivity index (χ3v) is 4.87. The van der Waals surface area contributed by atoms with E-state index in [4.69, 9.17) is 11.6 Å². The van der Waals surface area contributed by atoms with Gasteiger partial charge in [0.05, 0.1) is 6.04 Å². The van der Waals surface area contributed by atoms with E-state index in [2.05, 4.69) is 20.1 Å². The fourth-order valence-electron chi connectivity index (χ4n) is 3.02. The molecule has 5 nitrogen and oxygen atoms in total. The number of benzene rings is 1. The van der Waals surface area contributed by atoms with E-state index in [1.807, 2.05) is 43.3 Å². The van der Waals surface area contributed by atoms with Crippen LogP contribution in [0.5, 0.6) is 0 Å². The maximum atomic E-state index is 12.4. The van der Waals surface area contributed by atoms with Crippen molar-refractivity contribution in [2.45, 2.75) is 19.5 Å². The quantitative estimate of drug-likeness (QED) is 0.892. The number of anilines is 1. The average molecular weight is 359 g/mol. The normalized spacial score (nSPS) is 16.5. The Labute approximate surface area is 153 Å². The Morgan fingerprint density at radius 1 is 1.20 bits per heavy atom. The highest BCUT2D eigenvalue weighted by molar-refractivity contribution is 6.30. The standard InChI is InChI=1S/C19H23ClN4O/c1-15(19(25)22-14-16-3-2-8-21-13-16)23-9-11-24(12-10-23)18-6-4-17(20)5-7-18/h2-8,13,15H,9-12,14H2,1H3,(H,22,25)/t15-/m1/s1. The summed E-state index contributed by atoms with van der Waals surface area (Å²) in [5, 5.41) is 3.75. The Morgan fingerprint density at radius 3 is 2.56 bits per heavy atom. The molecule has 1 aliphatic rings. The lowest BCUT2D eigenvalue weighted by Crippen LogP contribution is -2.53. The number of nitrogens with zero attached hydrogens (tertiary/aromatic N) is 3. The van der Waals surface area contributed by atoms with E-state index in [9.17, 15) is 4.79 Å². The SMILES string of the molecule is C[C@H](C(=O)NCc1cccnc1)N1CCN(c2ccc(Cl)cc2)CC1. The van der Waals surface area contributed by atoms with E-state index < -0.39 is 0 Å². The number of carbonyl (C=O) groups excluding carboxylic acids is 1. The minimum Gasteiger partial charge on any atom is -0.369 e. The van der Waals surface area contributed by atoms with Gasteiger partial charge >= 0.3 is 0 Å². The Morgan fingerprint density at radius 2 is 1.92 bits per heavy atom. The second kappa shape index (κ2) is 8.32. The molecule has 0 spiro atoms. The highest BCUT2D eigenvalue weighted by Gasteiger charge is 2.25. The minimum absolute atomic E-state index is 0.0591. The number of aromatic nitrogens is 1. The van der Waals surface area contributed by atoms with Gasteiger partial charge in [0, 0.05) is 55.8 Å². The van der Waals surface area contributed by atoms with Crippen LogP contribution in [0.3, 0.4) is 0 Å². The molecule has 132 valence electrons. The van der Waals surface area contributed by atoms with Crippen LogP contribution in [0, 0.1) is 0 Å². The van der Waals surface area contributed by atoms with Crippen molar-refractivity contribution >= 4 is 23.2 Å². The second-order valence-electron chi connectivity index (χ2n) is 6.25. The molecule has 1 N–H and O–H groups in total. The molecule has 1 aliphatic heterocycles. The average Bonchev–Trinajstić information content (AvgIpc) is 2.67. The molecule has 0 saturated carbocycles. The summed E-state index contributed by atoms with van der Waals surface area (Å²) in [5.74, 6) is 0.0591. The minimum atomic E-state index is -0.135. The maximum Gasteiger partial charge on any atom is 0.237 e. The third-order valence-electron chi connectivity index (χ3n) is 4.62. The summed E-state index contributed by atoms with van der Waals surface area (Å²) < 4.78 is 0. The van der Waals surface area contributed by atoms with Crippen LogP contribution in [-0.2, 0) is 11.3 Å². The van der Waals surface area contributed by atoms with Gasteiger partial charge in [-0.1, -0.05) is 17.7 Å². The highest BCUT2D eigenvalue weighted by atomic mass is 35.5. The summed E-state index contributed by atoms with van der Waals surface area (Å²) in [5.41, 5.74) is 2.19. The van der Waals surface area contributed by atoms with E-state index in [1.54, 1.807) is 12.4 Å². The number of rotatable bonds is 5. The van der Waals surface area contributed by atoms with Crippen molar-refractivity contribution in [2.24, 2.45) is 0 Å². The van der Waals surface area contributed by atoms with Crippen LogP contribution in [0.4, 0.5) is 5.69 Å². The zero-order valence-electron chi connectivity index (χ0n) is 14.4. The topological polar surface area (TPSA) is 48.5 Å². The van der Waals surface area contributed by atoms with Gasteiger partial charge < -0.3 is 10.2 Å². The molecule has 1 atom stereocenters. The first-order chi connectivity index (χ1) is 12.1. The first-order valence-electron chi connectivity index (χ1n) is 8.54. The summed E-state index contributed by atoms with van der Waals surface area (Å²) >= 11 is 5.95. The molecule has 0 unspecified atom stereocenters. The lowest BCUT2D eigenvalue weighted by molar-refractivity contribution is -0.126. The van der Waals surface area contributed by atoms with E-state index in [1.165, 1.54) is 5.69 Å². The number of amides is 1. The summed E-state index contributed by atoms with van der Waals surface area (Å²) in [7, 11) is 0. The fourth-order valence-corrected chi connectivity index (χ4v) is 3.15. The molecular formula is C19H23ClN4O. The Bertz CT molecular complexity index is 684. The van der Waals surface area contributed by atoms with Gasteiger partial charge in [0.1, 0.15) is 0 Å². The summed E-state index contributed by atoms with van der Waals surface area (Å²) in [6.45, 7) is 6.02. The molecule has 6 heteroatoms. The van der Waals surface area contributed by atoms with E-state index in [0.717, 1.165) is 36.8 Å². The molecule has 1 saturated heterocycles. The smallest absolute Gasteiger partial charge is 0.237 e. The second-order valence-corrected chi connectivity index (χ2v) is 6.69. The molecule has 1 fully saturated rings. The lowest BCUT2D eigenvalue weighted by Gasteiger charge is -2.38. The molecule has 2 aromatic rings. The number of hydrogen-bond donors (Lipinski definition) is 1. The van der Waals surface area contributed by atoms with Crippen LogP contribution >= 0.6 is 11.6 Å². The van der Waals surface area contributed by atoms with Crippen LogP contribution in [0.2, 0.25) is 5.02 Å². The molecule has 0 aliphatic carbocycles. The van der Waals surface area contributed by atoms with E-state index in [-0.39, 0.29) is 11.9 Å². The number of pyridine rings is 1. The maximum absolute atomic E-state index is 12.4. The van der Waals surface area contributed by atoms with Crippen molar-refractivity contribution in [1.29, 1.82) is 0 Å². The molecule has 1 aromatic carbocycles. The van der Waals surface area contributed by atoms with Crippen molar-refractivity contribution in [3.05, 3.63) is 59.4 Å². The van der Waals surface area contributed by atoms with Crippen LogP contribution in [0.15, 0.2) is 48.8 Å².